The van der Waals surface area contributed by atoms with E-state index in [9.17, 15) is 9.59 Å². The molecule has 1 heterocycles. The lowest BCUT2D eigenvalue weighted by molar-refractivity contribution is 0.0690. The normalized spacial score (nSPS) is 10.5. The number of aromatic nitrogens is 1. The fourth-order valence-electron chi connectivity index (χ4n) is 3.31. The zero-order valence-corrected chi connectivity index (χ0v) is 18.0. The van der Waals surface area contributed by atoms with E-state index < -0.39 is 5.97 Å². The van der Waals surface area contributed by atoms with Gasteiger partial charge in [0.1, 0.15) is 11.4 Å². The molecule has 1 amide bonds. The molecule has 0 unspecified atom stereocenters. The number of carbonyl (C=O) groups excluding carboxylic acids is 1. The van der Waals surface area contributed by atoms with Gasteiger partial charge in [-0.2, -0.15) is 0 Å². The fraction of sp³-hybridized carbons (Fsp3) is 0.269. The number of pyridine rings is 1. The molecule has 0 saturated heterocycles. The van der Waals surface area contributed by atoms with Gasteiger partial charge in [0, 0.05) is 18.3 Å². The van der Waals surface area contributed by atoms with Crippen molar-refractivity contribution >= 4 is 11.9 Å². The Morgan fingerprint density at radius 1 is 0.875 bits per heavy atom. The smallest absolute Gasteiger partial charge is 0.354 e. The average molecular weight is 433 g/mol. The highest BCUT2D eigenvalue weighted by molar-refractivity contribution is 5.96. The van der Waals surface area contributed by atoms with Crippen LogP contribution in [0.4, 0.5) is 0 Å². The van der Waals surface area contributed by atoms with Gasteiger partial charge in [-0.3, -0.25) is 4.79 Å². The van der Waals surface area contributed by atoms with E-state index in [1.165, 1.54) is 23.9 Å². The van der Waals surface area contributed by atoms with Crippen molar-refractivity contribution in [3.63, 3.8) is 0 Å². The predicted octanol–water partition coefficient (Wildman–Crippen LogP) is 4.54. The van der Waals surface area contributed by atoms with Gasteiger partial charge < -0.3 is 15.2 Å². The van der Waals surface area contributed by atoms with Gasteiger partial charge in [0.15, 0.2) is 0 Å². The maximum absolute atomic E-state index is 12.2. The van der Waals surface area contributed by atoms with Gasteiger partial charge in [0.2, 0.25) is 0 Å². The van der Waals surface area contributed by atoms with Crippen LogP contribution in [-0.2, 0) is 12.8 Å². The van der Waals surface area contributed by atoms with Gasteiger partial charge in [-0.05, 0) is 67.5 Å². The highest BCUT2D eigenvalue weighted by Gasteiger charge is 2.10. The number of rotatable bonds is 12. The maximum atomic E-state index is 12.2. The van der Waals surface area contributed by atoms with E-state index in [2.05, 4.69) is 34.6 Å². The number of hydrogen-bond acceptors (Lipinski definition) is 4. The fourth-order valence-corrected chi connectivity index (χ4v) is 3.31. The van der Waals surface area contributed by atoms with Crippen LogP contribution in [0.3, 0.4) is 0 Å². The van der Waals surface area contributed by atoms with Crippen LogP contribution in [0, 0.1) is 0 Å². The SMILES string of the molecule is O=C(NCCc1ccc(OCCCCCc2ccccc2)cc1)c1ccnc(C(=O)O)c1. The second-order valence-electron chi connectivity index (χ2n) is 7.53. The number of nitrogens with zero attached hydrogens (tertiary/aromatic N) is 1. The summed E-state index contributed by atoms with van der Waals surface area (Å²) in [6.45, 7) is 1.15. The molecule has 3 aromatic rings. The number of carboxylic acid groups (broad SMARTS) is 1. The van der Waals surface area contributed by atoms with Crippen molar-refractivity contribution in [2.24, 2.45) is 0 Å². The number of aryl methyl sites for hydroxylation is 1. The molecular formula is C26H28N2O4. The zero-order valence-electron chi connectivity index (χ0n) is 18.0. The Hall–Kier alpha value is -3.67. The number of carbonyl (C=O) groups is 2. The largest absolute Gasteiger partial charge is 0.494 e. The molecule has 0 aliphatic rings. The summed E-state index contributed by atoms with van der Waals surface area (Å²) in [6, 6.07) is 21.2. The quantitative estimate of drug-likeness (QED) is 0.410. The van der Waals surface area contributed by atoms with Crippen LogP contribution < -0.4 is 10.1 Å². The summed E-state index contributed by atoms with van der Waals surface area (Å²) in [5.41, 5.74) is 2.60. The van der Waals surface area contributed by atoms with E-state index in [0.29, 0.717) is 19.6 Å². The molecule has 0 bridgehead atoms. The topological polar surface area (TPSA) is 88.5 Å². The molecular weight excluding hydrogens is 404 g/mol. The van der Waals surface area contributed by atoms with Crippen LogP contribution in [0.15, 0.2) is 72.9 Å². The molecule has 3 rings (SSSR count). The number of carboxylic acids is 1. The monoisotopic (exact) mass is 432 g/mol. The summed E-state index contributed by atoms with van der Waals surface area (Å²) in [5.74, 6) is -0.630. The number of benzene rings is 2. The molecule has 6 heteroatoms. The average Bonchev–Trinajstić information content (AvgIpc) is 2.83. The minimum atomic E-state index is -1.16. The lowest BCUT2D eigenvalue weighted by atomic mass is 10.1. The number of ether oxygens (including phenoxy) is 1. The van der Waals surface area contributed by atoms with Crippen molar-refractivity contribution in [2.45, 2.75) is 32.1 Å². The minimum Gasteiger partial charge on any atom is -0.494 e. The highest BCUT2D eigenvalue weighted by atomic mass is 16.5. The maximum Gasteiger partial charge on any atom is 0.354 e. The molecule has 166 valence electrons. The van der Waals surface area contributed by atoms with Crippen molar-refractivity contribution < 1.29 is 19.4 Å². The Morgan fingerprint density at radius 2 is 1.62 bits per heavy atom. The first-order chi connectivity index (χ1) is 15.6. The molecule has 0 aliphatic carbocycles. The van der Waals surface area contributed by atoms with E-state index in [0.717, 1.165) is 37.0 Å². The summed E-state index contributed by atoms with van der Waals surface area (Å²) in [5, 5.41) is 11.8. The van der Waals surface area contributed by atoms with Gasteiger partial charge in [0.05, 0.1) is 6.61 Å². The molecule has 2 N–H and O–H groups in total. The van der Waals surface area contributed by atoms with Crippen molar-refractivity contribution in [2.75, 3.05) is 13.2 Å². The predicted molar refractivity (Wildman–Crippen MR) is 123 cm³/mol. The lowest BCUT2D eigenvalue weighted by Crippen LogP contribution is -2.26. The third-order valence-corrected chi connectivity index (χ3v) is 5.09. The third-order valence-electron chi connectivity index (χ3n) is 5.09. The van der Waals surface area contributed by atoms with E-state index in [1.807, 2.05) is 30.3 Å². The minimum absolute atomic E-state index is 0.149. The summed E-state index contributed by atoms with van der Waals surface area (Å²) < 4.78 is 5.82. The molecule has 0 radical (unpaired) electrons. The molecule has 0 spiro atoms. The molecule has 0 saturated carbocycles. The van der Waals surface area contributed by atoms with Gasteiger partial charge >= 0.3 is 5.97 Å². The summed E-state index contributed by atoms with van der Waals surface area (Å²) >= 11 is 0. The first kappa shape index (κ1) is 23.0. The van der Waals surface area contributed by atoms with Gasteiger partial charge in [-0.1, -0.05) is 42.5 Å². The van der Waals surface area contributed by atoms with Gasteiger partial charge in [0.25, 0.3) is 5.91 Å². The lowest BCUT2D eigenvalue weighted by Gasteiger charge is -2.08. The number of hydrogen-bond donors (Lipinski definition) is 2. The Morgan fingerprint density at radius 3 is 2.38 bits per heavy atom. The molecule has 6 nitrogen and oxygen atoms in total. The Bertz CT molecular complexity index is 1000. The Kier molecular flexibility index (Phi) is 8.80. The zero-order chi connectivity index (χ0) is 22.6. The molecule has 32 heavy (non-hydrogen) atoms. The molecule has 0 fully saturated rings. The Balaban J connectivity index is 1.32. The van der Waals surface area contributed by atoms with Crippen molar-refractivity contribution in [1.29, 1.82) is 0 Å². The van der Waals surface area contributed by atoms with Crippen LogP contribution in [0.1, 0.15) is 51.2 Å². The first-order valence-electron chi connectivity index (χ1n) is 10.8. The number of amides is 1. The molecule has 0 atom stereocenters. The number of nitrogens with one attached hydrogen (secondary N) is 1. The van der Waals surface area contributed by atoms with Crippen LogP contribution in [0.25, 0.3) is 0 Å². The van der Waals surface area contributed by atoms with Crippen LogP contribution in [0.5, 0.6) is 5.75 Å². The number of aromatic carboxylic acids is 1. The standard InChI is InChI=1S/C26H28N2O4/c29-25(22-15-17-27-24(19-22)26(30)31)28-16-14-21-10-12-23(13-11-21)32-18-6-2-5-9-20-7-3-1-4-8-20/h1,3-4,7-8,10-13,15,17,19H,2,5-6,9,14,16,18H2,(H,28,29)(H,30,31). The summed E-state index contributed by atoms with van der Waals surface area (Å²) in [4.78, 5) is 26.9. The van der Waals surface area contributed by atoms with Gasteiger partial charge in [-0.15, -0.1) is 0 Å². The van der Waals surface area contributed by atoms with Crippen LogP contribution >= 0.6 is 0 Å². The highest BCUT2D eigenvalue weighted by Crippen LogP contribution is 2.14. The second kappa shape index (κ2) is 12.2. The second-order valence-corrected chi connectivity index (χ2v) is 7.53. The number of unbranched alkanes of at least 4 members (excludes halogenated alkanes) is 2. The van der Waals surface area contributed by atoms with E-state index in [1.54, 1.807) is 0 Å². The van der Waals surface area contributed by atoms with Crippen molar-refractivity contribution in [1.82, 2.24) is 10.3 Å². The van der Waals surface area contributed by atoms with E-state index >= 15 is 0 Å². The first-order valence-corrected chi connectivity index (χ1v) is 10.8. The third kappa shape index (κ3) is 7.54. The summed E-state index contributed by atoms with van der Waals surface area (Å²) in [6.07, 6.45) is 6.42. The molecule has 1 aromatic heterocycles. The summed E-state index contributed by atoms with van der Waals surface area (Å²) in [7, 11) is 0. The molecule has 0 aliphatic heterocycles. The van der Waals surface area contributed by atoms with Gasteiger partial charge in [-0.25, -0.2) is 9.78 Å². The van der Waals surface area contributed by atoms with E-state index in [4.69, 9.17) is 9.84 Å². The van der Waals surface area contributed by atoms with E-state index in [-0.39, 0.29) is 17.2 Å². The van der Waals surface area contributed by atoms with Crippen LogP contribution in [0.2, 0.25) is 0 Å². The van der Waals surface area contributed by atoms with Crippen molar-refractivity contribution in [3.8, 4) is 5.75 Å². The van der Waals surface area contributed by atoms with Crippen molar-refractivity contribution in [3.05, 3.63) is 95.3 Å². The molecule has 2 aromatic carbocycles. The van der Waals surface area contributed by atoms with Crippen LogP contribution in [-0.4, -0.2) is 35.1 Å². The Labute approximate surface area is 188 Å².